The second kappa shape index (κ2) is 7.64. The first kappa shape index (κ1) is 17.0. The van der Waals surface area contributed by atoms with Crippen molar-refractivity contribution in [2.24, 2.45) is 28.9 Å². The van der Waals surface area contributed by atoms with Gasteiger partial charge in [-0.3, -0.25) is 0 Å². The van der Waals surface area contributed by atoms with E-state index in [9.17, 15) is 0 Å². The molecule has 0 spiro atoms. The summed E-state index contributed by atoms with van der Waals surface area (Å²) in [7, 11) is 0. The maximum atomic E-state index is 5.77. The van der Waals surface area contributed by atoms with Gasteiger partial charge >= 0.3 is 0 Å². The first-order valence-corrected chi connectivity index (χ1v) is 8.25. The summed E-state index contributed by atoms with van der Waals surface area (Å²) in [6.45, 7) is 16.6. The van der Waals surface area contributed by atoms with Crippen molar-refractivity contribution in [3.63, 3.8) is 0 Å². The van der Waals surface area contributed by atoms with Crippen molar-refractivity contribution in [3.05, 3.63) is 0 Å². The largest absolute Gasteiger partial charge is 0.330 e. The number of nitrogens with zero attached hydrogens (tertiary/aromatic N) is 1. The molecule has 19 heavy (non-hydrogen) atoms. The molecule has 0 amide bonds. The summed E-state index contributed by atoms with van der Waals surface area (Å²) in [4.78, 5) is 2.68. The number of rotatable bonds is 6. The molecule has 1 rings (SSSR count). The topological polar surface area (TPSA) is 29.3 Å². The van der Waals surface area contributed by atoms with Gasteiger partial charge in [-0.15, -0.1) is 0 Å². The third-order valence-corrected chi connectivity index (χ3v) is 4.71. The van der Waals surface area contributed by atoms with Gasteiger partial charge in [0.15, 0.2) is 0 Å². The van der Waals surface area contributed by atoms with E-state index in [0.717, 1.165) is 24.3 Å². The summed E-state index contributed by atoms with van der Waals surface area (Å²) in [6, 6.07) is 0. The minimum atomic E-state index is 0.405. The lowest BCUT2D eigenvalue weighted by Gasteiger charge is -2.36. The Bertz CT molecular complexity index is 234. The van der Waals surface area contributed by atoms with Crippen LogP contribution in [-0.4, -0.2) is 31.1 Å². The highest BCUT2D eigenvalue weighted by Crippen LogP contribution is 2.32. The molecule has 0 aromatic heterocycles. The Balaban J connectivity index is 2.31. The molecular formula is C17H36N2. The Morgan fingerprint density at radius 2 is 1.68 bits per heavy atom. The van der Waals surface area contributed by atoms with Crippen molar-refractivity contribution in [1.29, 1.82) is 0 Å². The molecule has 0 aromatic rings. The molecule has 0 radical (unpaired) electrons. The maximum absolute atomic E-state index is 5.77. The van der Waals surface area contributed by atoms with Crippen LogP contribution in [0.25, 0.3) is 0 Å². The zero-order chi connectivity index (χ0) is 14.5. The zero-order valence-corrected chi connectivity index (χ0v) is 13.9. The number of nitrogens with two attached hydrogens (primary N) is 1. The Kier molecular flexibility index (Phi) is 6.82. The van der Waals surface area contributed by atoms with Crippen LogP contribution in [-0.2, 0) is 0 Å². The van der Waals surface area contributed by atoms with E-state index in [1.807, 2.05) is 0 Å². The van der Waals surface area contributed by atoms with Gasteiger partial charge in [0.2, 0.25) is 0 Å². The predicted octanol–water partition coefficient (Wildman–Crippen LogP) is 3.76. The first-order chi connectivity index (χ1) is 8.82. The lowest BCUT2D eigenvalue weighted by molar-refractivity contribution is 0.129. The van der Waals surface area contributed by atoms with Gasteiger partial charge in [0, 0.05) is 13.1 Å². The predicted molar refractivity (Wildman–Crippen MR) is 85.2 cm³/mol. The highest BCUT2D eigenvalue weighted by molar-refractivity contribution is 4.77. The van der Waals surface area contributed by atoms with Crippen molar-refractivity contribution in [3.8, 4) is 0 Å². The second-order valence-electron chi connectivity index (χ2n) is 7.99. The third kappa shape index (κ3) is 6.27. The van der Waals surface area contributed by atoms with Gasteiger partial charge in [0.1, 0.15) is 0 Å². The molecule has 3 unspecified atom stereocenters. The summed E-state index contributed by atoms with van der Waals surface area (Å²) in [6.07, 6.45) is 5.26. The molecule has 0 aromatic carbocycles. The Labute approximate surface area is 121 Å². The van der Waals surface area contributed by atoms with E-state index in [1.165, 1.54) is 45.3 Å². The van der Waals surface area contributed by atoms with Gasteiger partial charge in [-0.05, 0) is 61.9 Å². The maximum Gasteiger partial charge on any atom is 0.000724 e. The van der Waals surface area contributed by atoms with E-state index in [2.05, 4.69) is 39.5 Å². The lowest BCUT2D eigenvalue weighted by atomic mass is 9.76. The molecule has 1 heterocycles. The van der Waals surface area contributed by atoms with Crippen molar-refractivity contribution < 1.29 is 0 Å². The fraction of sp³-hybridized carbons (Fsp3) is 1.00. The van der Waals surface area contributed by atoms with Gasteiger partial charge in [0.05, 0.1) is 0 Å². The number of piperidine rings is 1. The average molecular weight is 268 g/mol. The molecule has 0 saturated carbocycles. The van der Waals surface area contributed by atoms with Crippen LogP contribution in [0.5, 0.6) is 0 Å². The van der Waals surface area contributed by atoms with E-state index in [1.54, 1.807) is 0 Å². The summed E-state index contributed by atoms with van der Waals surface area (Å²) in [5.74, 6) is 2.54. The number of hydrogen-bond acceptors (Lipinski definition) is 2. The molecule has 1 fully saturated rings. The van der Waals surface area contributed by atoms with Crippen molar-refractivity contribution in [2.75, 3.05) is 26.2 Å². The SMILES string of the molecule is CC1CC(C)CN(CCCC(CCN)C(C)(C)C)C1. The van der Waals surface area contributed by atoms with E-state index in [-0.39, 0.29) is 0 Å². The fourth-order valence-corrected chi connectivity index (χ4v) is 3.75. The summed E-state index contributed by atoms with van der Waals surface area (Å²) < 4.78 is 0. The van der Waals surface area contributed by atoms with E-state index in [0.29, 0.717) is 5.41 Å². The minimum absolute atomic E-state index is 0.405. The van der Waals surface area contributed by atoms with E-state index < -0.39 is 0 Å². The van der Waals surface area contributed by atoms with E-state index >= 15 is 0 Å². The highest BCUT2D eigenvalue weighted by atomic mass is 15.1. The Morgan fingerprint density at radius 1 is 1.11 bits per heavy atom. The molecule has 0 aliphatic carbocycles. The molecule has 2 N–H and O–H groups in total. The summed E-state index contributed by atoms with van der Waals surface area (Å²) in [5, 5.41) is 0. The standard InChI is InChI=1S/C17H36N2/c1-14-11-15(2)13-19(12-14)10-6-7-16(8-9-18)17(3,4)5/h14-16H,6-13,18H2,1-5H3. The summed E-state index contributed by atoms with van der Waals surface area (Å²) in [5.41, 5.74) is 6.17. The monoisotopic (exact) mass is 268 g/mol. The molecule has 3 atom stereocenters. The first-order valence-electron chi connectivity index (χ1n) is 8.25. The number of likely N-dealkylation sites (tertiary alicyclic amines) is 1. The molecule has 2 nitrogen and oxygen atoms in total. The van der Waals surface area contributed by atoms with Crippen LogP contribution in [0.4, 0.5) is 0 Å². The molecule has 2 heteroatoms. The average Bonchev–Trinajstić information content (AvgIpc) is 2.25. The minimum Gasteiger partial charge on any atom is -0.330 e. The molecule has 1 saturated heterocycles. The van der Waals surface area contributed by atoms with Gasteiger partial charge in [-0.25, -0.2) is 0 Å². The van der Waals surface area contributed by atoms with Crippen LogP contribution in [0.2, 0.25) is 0 Å². The molecule has 114 valence electrons. The Hall–Kier alpha value is -0.0800. The zero-order valence-electron chi connectivity index (χ0n) is 13.9. The molecule has 1 aliphatic heterocycles. The molecule has 1 aliphatic rings. The van der Waals surface area contributed by atoms with Crippen LogP contribution in [0.15, 0.2) is 0 Å². The van der Waals surface area contributed by atoms with Gasteiger partial charge in [0.25, 0.3) is 0 Å². The third-order valence-electron chi connectivity index (χ3n) is 4.71. The van der Waals surface area contributed by atoms with Crippen LogP contribution >= 0.6 is 0 Å². The van der Waals surface area contributed by atoms with Crippen LogP contribution < -0.4 is 5.73 Å². The lowest BCUT2D eigenvalue weighted by Crippen LogP contribution is -2.39. The van der Waals surface area contributed by atoms with E-state index in [4.69, 9.17) is 5.73 Å². The highest BCUT2D eigenvalue weighted by Gasteiger charge is 2.25. The normalized spacial score (nSPS) is 27.5. The van der Waals surface area contributed by atoms with Crippen LogP contribution in [0.3, 0.4) is 0 Å². The molecule has 0 bridgehead atoms. The van der Waals surface area contributed by atoms with Gasteiger partial charge in [-0.2, -0.15) is 0 Å². The van der Waals surface area contributed by atoms with Crippen molar-refractivity contribution >= 4 is 0 Å². The summed E-state index contributed by atoms with van der Waals surface area (Å²) >= 11 is 0. The van der Waals surface area contributed by atoms with Crippen LogP contribution in [0.1, 0.15) is 60.3 Å². The number of hydrogen-bond donors (Lipinski definition) is 1. The molecular weight excluding hydrogens is 232 g/mol. The van der Waals surface area contributed by atoms with Crippen molar-refractivity contribution in [1.82, 2.24) is 4.90 Å². The van der Waals surface area contributed by atoms with Gasteiger partial charge < -0.3 is 10.6 Å². The second-order valence-corrected chi connectivity index (χ2v) is 7.99. The van der Waals surface area contributed by atoms with Crippen molar-refractivity contribution in [2.45, 2.75) is 60.3 Å². The quantitative estimate of drug-likeness (QED) is 0.795. The fourth-order valence-electron chi connectivity index (χ4n) is 3.75. The smallest absolute Gasteiger partial charge is 0.000724 e. The van der Waals surface area contributed by atoms with Gasteiger partial charge in [-0.1, -0.05) is 34.6 Å². The Morgan fingerprint density at radius 3 is 2.16 bits per heavy atom. The van der Waals surface area contributed by atoms with Crippen LogP contribution in [0, 0.1) is 23.2 Å².